The van der Waals surface area contributed by atoms with E-state index >= 15 is 0 Å². The highest BCUT2D eigenvalue weighted by molar-refractivity contribution is 5.87. The standard InChI is InChI=1S/C16H14N2O2/c17-11-14-3-1-2-4-15(14)18-10-9-12-5-7-13(8-6-12)16(19)20/h1-8,18H,9-10H2,(H,19,20). The Kier molecular flexibility index (Phi) is 4.35. The van der Waals surface area contributed by atoms with Gasteiger partial charge in [0.15, 0.2) is 0 Å². The van der Waals surface area contributed by atoms with E-state index in [4.69, 9.17) is 10.4 Å². The minimum Gasteiger partial charge on any atom is -0.478 e. The van der Waals surface area contributed by atoms with Gasteiger partial charge >= 0.3 is 5.97 Å². The topological polar surface area (TPSA) is 73.1 Å². The van der Waals surface area contributed by atoms with Crippen LogP contribution in [0.25, 0.3) is 0 Å². The van der Waals surface area contributed by atoms with Crippen molar-refractivity contribution in [1.29, 1.82) is 5.26 Å². The van der Waals surface area contributed by atoms with Crippen LogP contribution in [0.3, 0.4) is 0 Å². The lowest BCUT2D eigenvalue weighted by molar-refractivity contribution is 0.0697. The Balaban J connectivity index is 1.93. The summed E-state index contributed by atoms with van der Waals surface area (Å²) in [5, 5.41) is 21.0. The molecule has 0 spiro atoms. The van der Waals surface area contributed by atoms with Gasteiger partial charge in [-0.05, 0) is 36.2 Å². The Labute approximate surface area is 117 Å². The maximum absolute atomic E-state index is 10.7. The van der Waals surface area contributed by atoms with Crippen LogP contribution in [-0.2, 0) is 6.42 Å². The smallest absolute Gasteiger partial charge is 0.335 e. The molecule has 0 bridgehead atoms. The lowest BCUT2D eigenvalue weighted by Crippen LogP contribution is -2.06. The molecular formula is C16H14N2O2. The van der Waals surface area contributed by atoms with Gasteiger partial charge in [-0.15, -0.1) is 0 Å². The fraction of sp³-hybridized carbons (Fsp3) is 0.125. The van der Waals surface area contributed by atoms with Crippen LogP contribution < -0.4 is 5.32 Å². The van der Waals surface area contributed by atoms with E-state index in [9.17, 15) is 4.79 Å². The van der Waals surface area contributed by atoms with Crippen LogP contribution in [0.4, 0.5) is 5.69 Å². The van der Waals surface area contributed by atoms with Crippen LogP contribution >= 0.6 is 0 Å². The summed E-state index contributed by atoms with van der Waals surface area (Å²) >= 11 is 0. The number of nitrogens with zero attached hydrogens (tertiary/aromatic N) is 1. The molecule has 0 aliphatic rings. The molecule has 2 rings (SSSR count). The summed E-state index contributed by atoms with van der Waals surface area (Å²) in [6.45, 7) is 0.686. The Morgan fingerprint density at radius 3 is 2.50 bits per heavy atom. The zero-order valence-electron chi connectivity index (χ0n) is 10.8. The van der Waals surface area contributed by atoms with Crippen LogP contribution in [0.1, 0.15) is 21.5 Å². The van der Waals surface area contributed by atoms with Gasteiger partial charge < -0.3 is 10.4 Å². The van der Waals surface area contributed by atoms with Crippen molar-refractivity contribution in [3.63, 3.8) is 0 Å². The maximum Gasteiger partial charge on any atom is 0.335 e. The fourth-order valence-electron chi connectivity index (χ4n) is 1.89. The number of carboxylic acids is 1. The second kappa shape index (κ2) is 6.39. The summed E-state index contributed by atoms with van der Waals surface area (Å²) in [4.78, 5) is 10.7. The maximum atomic E-state index is 10.7. The van der Waals surface area contributed by atoms with Crippen LogP contribution in [-0.4, -0.2) is 17.6 Å². The van der Waals surface area contributed by atoms with E-state index in [1.807, 2.05) is 18.2 Å². The van der Waals surface area contributed by atoms with Crippen molar-refractivity contribution < 1.29 is 9.90 Å². The first-order valence-corrected chi connectivity index (χ1v) is 6.26. The van der Waals surface area contributed by atoms with E-state index in [-0.39, 0.29) is 5.56 Å². The number of aromatic carboxylic acids is 1. The lowest BCUT2D eigenvalue weighted by Gasteiger charge is -2.08. The molecule has 20 heavy (non-hydrogen) atoms. The highest BCUT2D eigenvalue weighted by Gasteiger charge is 2.02. The average Bonchev–Trinajstić information content (AvgIpc) is 2.48. The van der Waals surface area contributed by atoms with Gasteiger partial charge in [-0.2, -0.15) is 5.26 Å². The normalized spacial score (nSPS) is 9.75. The molecule has 0 amide bonds. The number of nitriles is 1. The summed E-state index contributed by atoms with van der Waals surface area (Å²) in [6.07, 6.45) is 0.764. The van der Waals surface area contributed by atoms with E-state index < -0.39 is 5.97 Å². The highest BCUT2D eigenvalue weighted by Crippen LogP contribution is 2.13. The van der Waals surface area contributed by atoms with E-state index in [1.54, 1.807) is 30.3 Å². The van der Waals surface area contributed by atoms with Crippen LogP contribution in [0.15, 0.2) is 48.5 Å². The molecule has 0 saturated heterocycles. The third kappa shape index (κ3) is 3.36. The first-order chi connectivity index (χ1) is 9.70. The molecule has 0 aliphatic heterocycles. The Bertz CT molecular complexity index is 642. The number of benzene rings is 2. The van der Waals surface area contributed by atoms with Crippen LogP contribution in [0.5, 0.6) is 0 Å². The van der Waals surface area contributed by atoms with Gasteiger partial charge in [0.25, 0.3) is 0 Å². The van der Waals surface area contributed by atoms with Crippen molar-refractivity contribution in [3.05, 3.63) is 65.2 Å². The highest BCUT2D eigenvalue weighted by atomic mass is 16.4. The summed E-state index contributed by atoms with van der Waals surface area (Å²) < 4.78 is 0. The second-order valence-corrected chi connectivity index (χ2v) is 4.34. The fourth-order valence-corrected chi connectivity index (χ4v) is 1.89. The molecule has 0 heterocycles. The van der Waals surface area contributed by atoms with Gasteiger partial charge in [-0.1, -0.05) is 24.3 Å². The quantitative estimate of drug-likeness (QED) is 0.872. The van der Waals surface area contributed by atoms with E-state index in [0.717, 1.165) is 17.7 Å². The molecule has 2 aromatic rings. The van der Waals surface area contributed by atoms with E-state index in [2.05, 4.69) is 11.4 Å². The zero-order chi connectivity index (χ0) is 14.4. The van der Waals surface area contributed by atoms with Crippen molar-refractivity contribution >= 4 is 11.7 Å². The second-order valence-electron chi connectivity index (χ2n) is 4.34. The third-order valence-corrected chi connectivity index (χ3v) is 2.98. The van der Waals surface area contributed by atoms with Gasteiger partial charge in [0.1, 0.15) is 6.07 Å². The van der Waals surface area contributed by atoms with Crippen molar-refractivity contribution in [2.45, 2.75) is 6.42 Å². The largest absolute Gasteiger partial charge is 0.478 e. The number of carbonyl (C=O) groups is 1. The van der Waals surface area contributed by atoms with Crippen LogP contribution in [0, 0.1) is 11.3 Å². The molecular weight excluding hydrogens is 252 g/mol. The minimum absolute atomic E-state index is 0.288. The lowest BCUT2D eigenvalue weighted by atomic mass is 10.1. The van der Waals surface area contributed by atoms with Gasteiger partial charge in [-0.3, -0.25) is 0 Å². The van der Waals surface area contributed by atoms with Gasteiger partial charge in [0, 0.05) is 6.54 Å². The van der Waals surface area contributed by atoms with E-state index in [0.29, 0.717) is 12.1 Å². The van der Waals surface area contributed by atoms with Crippen molar-refractivity contribution in [2.75, 3.05) is 11.9 Å². The number of hydrogen-bond donors (Lipinski definition) is 2. The number of nitrogens with one attached hydrogen (secondary N) is 1. The van der Waals surface area contributed by atoms with Crippen molar-refractivity contribution in [3.8, 4) is 6.07 Å². The zero-order valence-corrected chi connectivity index (χ0v) is 10.8. The molecule has 0 aromatic heterocycles. The monoisotopic (exact) mass is 266 g/mol. The number of rotatable bonds is 5. The Hall–Kier alpha value is -2.80. The SMILES string of the molecule is N#Cc1ccccc1NCCc1ccc(C(=O)O)cc1. The first-order valence-electron chi connectivity index (χ1n) is 6.26. The van der Waals surface area contributed by atoms with Crippen molar-refractivity contribution in [2.24, 2.45) is 0 Å². The summed E-state index contributed by atoms with van der Waals surface area (Å²) in [5.74, 6) is -0.919. The predicted octanol–water partition coefficient (Wildman–Crippen LogP) is 2.91. The minimum atomic E-state index is -0.919. The molecule has 4 heteroatoms. The molecule has 0 unspecified atom stereocenters. The van der Waals surface area contributed by atoms with Crippen LogP contribution in [0.2, 0.25) is 0 Å². The van der Waals surface area contributed by atoms with E-state index in [1.165, 1.54) is 0 Å². The molecule has 0 saturated carbocycles. The van der Waals surface area contributed by atoms with Gasteiger partial charge in [0.05, 0.1) is 16.8 Å². The predicted molar refractivity (Wildman–Crippen MR) is 76.8 cm³/mol. The average molecular weight is 266 g/mol. The molecule has 0 atom stereocenters. The Morgan fingerprint density at radius 2 is 1.85 bits per heavy atom. The number of para-hydroxylation sites is 1. The van der Waals surface area contributed by atoms with Crippen molar-refractivity contribution in [1.82, 2.24) is 0 Å². The summed E-state index contributed by atoms with van der Waals surface area (Å²) in [5.41, 5.74) is 2.78. The summed E-state index contributed by atoms with van der Waals surface area (Å²) in [7, 11) is 0. The van der Waals surface area contributed by atoms with Gasteiger partial charge in [0.2, 0.25) is 0 Å². The molecule has 4 nitrogen and oxygen atoms in total. The number of carboxylic acid groups (broad SMARTS) is 1. The molecule has 0 radical (unpaired) electrons. The molecule has 2 aromatic carbocycles. The molecule has 2 N–H and O–H groups in total. The summed E-state index contributed by atoms with van der Waals surface area (Å²) in [6, 6.07) is 16.3. The number of anilines is 1. The molecule has 0 aliphatic carbocycles. The molecule has 0 fully saturated rings. The molecule has 100 valence electrons. The first kappa shape index (κ1) is 13.6. The van der Waals surface area contributed by atoms with Gasteiger partial charge in [-0.25, -0.2) is 4.79 Å². The third-order valence-electron chi connectivity index (χ3n) is 2.98. The Morgan fingerprint density at radius 1 is 1.15 bits per heavy atom. The number of hydrogen-bond acceptors (Lipinski definition) is 3.